The molecule has 0 aromatic heterocycles. The average Bonchev–Trinajstić information content (AvgIpc) is 3.36. The number of amides is 1. The fourth-order valence-electron chi connectivity index (χ4n) is 7.40. The van der Waals surface area contributed by atoms with E-state index in [1.165, 1.54) is 0 Å². The molecule has 0 aliphatic heterocycles. The topological polar surface area (TPSA) is 101 Å². The van der Waals surface area contributed by atoms with Crippen molar-refractivity contribution in [1.82, 2.24) is 5.32 Å². The van der Waals surface area contributed by atoms with E-state index in [0.29, 0.717) is 6.07 Å². The largest absolute Gasteiger partial charge is 0.481 e. The van der Waals surface area contributed by atoms with Crippen molar-refractivity contribution in [1.29, 1.82) is 0 Å². The van der Waals surface area contributed by atoms with Gasteiger partial charge < -0.3 is 10.4 Å². The first-order valence-electron chi connectivity index (χ1n) is 14.4. The summed E-state index contributed by atoms with van der Waals surface area (Å²) in [6.45, 7) is 0. The third kappa shape index (κ3) is 5.14. The number of carboxylic acid groups (broad SMARTS) is 1. The summed E-state index contributed by atoms with van der Waals surface area (Å²) in [5, 5.41) is 11.8. The van der Waals surface area contributed by atoms with Crippen molar-refractivity contribution < 1.29 is 62.6 Å². The molecule has 0 spiro atoms. The van der Waals surface area contributed by atoms with Crippen LogP contribution in [0.25, 0.3) is 0 Å². The van der Waals surface area contributed by atoms with Crippen molar-refractivity contribution in [3.8, 4) is 0 Å². The fourth-order valence-corrected chi connectivity index (χ4v) is 9.87. The van der Waals surface area contributed by atoms with Crippen LogP contribution in [0.1, 0.15) is 61.6 Å². The second-order valence-electron chi connectivity index (χ2n) is 12.2. The first-order valence-corrected chi connectivity index (χ1v) is 15.9. The van der Waals surface area contributed by atoms with E-state index in [-0.39, 0.29) is 55.7 Å². The second-order valence-corrected chi connectivity index (χ2v) is 14.4. The number of rotatable bonds is 6. The van der Waals surface area contributed by atoms with Crippen LogP contribution in [0.3, 0.4) is 0 Å². The van der Waals surface area contributed by atoms with Gasteiger partial charge in [0.25, 0.3) is 5.91 Å². The quantitative estimate of drug-likeness (QED) is 0.264. The Balaban J connectivity index is 1.58. The zero-order valence-corrected chi connectivity index (χ0v) is 24.6. The van der Waals surface area contributed by atoms with Crippen molar-refractivity contribution in [3.63, 3.8) is 0 Å². The van der Waals surface area contributed by atoms with Gasteiger partial charge in [-0.05, 0) is 86.8 Å². The predicted molar refractivity (Wildman–Crippen MR) is 143 cm³/mol. The van der Waals surface area contributed by atoms with Crippen molar-refractivity contribution in [2.45, 2.75) is 90.7 Å². The molecule has 1 amide bonds. The highest BCUT2D eigenvalue weighted by atomic mass is 32.2. The van der Waals surface area contributed by atoms with E-state index in [0.717, 1.165) is 30.3 Å². The first-order chi connectivity index (χ1) is 21.2. The van der Waals surface area contributed by atoms with Crippen LogP contribution in [0.2, 0.25) is 0 Å². The molecule has 0 radical (unpaired) electrons. The van der Waals surface area contributed by atoms with Crippen LogP contribution in [0, 0.1) is 17.7 Å². The van der Waals surface area contributed by atoms with E-state index in [4.69, 9.17) is 0 Å². The minimum atomic E-state index is -6.40. The number of hydrogen-bond donors (Lipinski definition) is 2. The molecule has 2 saturated carbocycles. The number of benzene rings is 2. The highest BCUT2D eigenvalue weighted by Gasteiger charge is 2.74. The Kier molecular flexibility index (Phi) is 8.25. The number of aryl methyl sites for hydroxylation is 1. The van der Waals surface area contributed by atoms with Gasteiger partial charge in [0.05, 0.1) is 10.8 Å². The molecule has 2 aromatic rings. The predicted octanol–water partition coefficient (Wildman–Crippen LogP) is 6.61. The number of fused-ring (bicyclic) bond motifs is 3. The first kappa shape index (κ1) is 34.0. The molecule has 0 bridgehead atoms. The monoisotopic (exact) mass is 685 g/mol. The molecular weight excluding hydrogens is 657 g/mol. The minimum Gasteiger partial charge on any atom is -0.481 e. The van der Waals surface area contributed by atoms with E-state index < -0.39 is 97.1 Å². The standard InChI is InChI=1S/C30H28F9NO5S/c31-19-3-5-20(6-4-19)46(44,45)27-14-11-23(40-25(43)26(32)12-9-16(10-13-26)24(41)42)22(27)7-1-17-15-18(2-8-21(17)27)28(33,29(34,35)36)30(37,38)39/h2-6,8,15-16,22-23H,1,7,9-14H2,(H,40,43)(H,41,42)/t16?,22-,23+,26?,27+/m0/s1. The summed E-state index contributed by atoms with van der Waals surface area (Å²) in [4.78, 5) is 24.1. The molecule has 46 heavy (non-hydrogen) atoms. The lowest BCUT2D eigenvalue weighted by molar-refractivity contribution is -0.348. The van der Waals surface area contributed by atoms with Crippen LogP contribution in [-0.2, 0) is 36.3 Å². The van der Waals surface area contributed by atoms with Crippen molar-refractivity contribution >= 4 is 21.7 Å². The molecule has 6 nitrogen and oxygen atoms in total. The number of nitrogens with one attached hydrogen (secondary N) is 1. The average molecular weight is 686 g/mol. The number of carboxylic acids is 1. The smallest absolute Gasteiger partial charge is 0.435 e. The molecule has 0 unspecified atom stereocenters. The Morgan fingerprint density at radius 3 is 1.98 bits per heavy atom. The third-order valence-electron chi connectivity index (χ3n) is 9.83. The molecule has 0 saturated heterocycles. The highest BCUT2D eigenvalue weighted by Crippen LogP contribution is 2.59. The Morgan fingerprint density at radius 1 is 0.848 bits per heavy atom. The van der Waals surface area contributed by atoms with Crippen molar-refractivity contribution in [3.05, 3.63) is 65.0 Å². The van der Waals surface area contributed by atoms with Gasteiger partial charge >= 0.3 is 24.0 Å². The lowest BCUT2D eigenvalue weighted by atomic mass is 9.73. The number of aliphatic carboxylic acids is 1. The van der Waals surface area contributed by atoms with Gasteiger partial charge in [0, 0.05) is 17.5 Å². The van der Waals surface area contributed by atoms with Gasteiger partial charge in [-0.2, -0.15) is 26.3 Å². The Bertz CT molecular complexity index is 1620. The molecule has 2 fully saturated rings. The van der Waals surface area contributed by atoms with E-state index in [2.05, 4.69) is 5.32 Å². The molecule has 0 heterocycles. The van der Waals surface area contributed by atoms with E-state index in [1.54, 1.807) is 0 Å². The van der Waals surface area contributed by atoms with Crippen LogP contribution in [0.4, 0.5) is 39.5 Å². The Hall–Kier alpha value is -3.30. The molecule has 2 aromatic carbocycles. The molecule has 5 rings (SSSR count). The minimum absolute atomic E-state index is 0.0932. The molecule has 3 aliphatic rings. The van der Waals surface area contributed by atoms with Crippen LogP contribution in [0.15, 0.2) is 47.4 Å². The number of sulfone groups is 1. The number of halogens is 9. The van der Waals surface area contributed by atoms with E-state index in [1.807, 2.05) is 0 Å². The van der Waals surface area contributed by atoms with Gasteiger partial charge in [-0.25, -0.2) is 21.6 Å². The van der Waals surface area contributed by atoms with Crippen LogP contribution >= 0.6 is 0 Å². The van der Waals surface area contributed by atoms with Gasteiger partial charge in [-0.3, -0.25) is 9.59 Å². The van der Waals surface area contributed by atoms with Crippen LogP contribution in [-0.4, -0.2) is 49.5 Å². The fraction of sp³-hybridized carbons (Fsp3) is 0.533. The maximum absolute atomic E-state index is 15.7. The number of carbonyl (C=O) groups excluding carboxylic acids is 1. The van der Waals surface area contributed by atoms with Crippen molar-refractivity contribution in [2.24, 2.45) is 11.8 Å². The van der Waals surface area contributed by atoms with Gasteiger partial charge in [-0.1, -0.05) is 18.2 Å². The highest BCUT2D eigenvalue weighted by molar-refractivity contribution is 7.92. The van der Waals surface area contributed by atoms with Gasteiger partial charge in [-0.15, -0.1) is 0 Å². The van der Waals surface area contributed by atoms with Crippen molar-refractivity contribution in [2.75, 3.05) is 0 Å². The summed E-state index contributed by atoms with van der Waals surface area (Å²) in [5.41, 5.74) is -10.5. The second kappa shape index (κ2) is 11.2. The molecule has 16 heteroatoms. The lowest BCUT2D eigenvalue weighted by Gasteiger charge is -2.43. The molecule has 252 valence electrons. The van der Waals surface area contributed by atoms with E-state index >= 15 is 4.39 Å². The maximum Gasteiger partial charge on any atom is 0.435 e. The van der Waals surface area contributed by atoms with Crippen LogP contribution in [0.5, 0.6) is 0 Å². The van der Waals surface area contributed by atoms with Crippen LogP contribution < -0.4 is 5.32 Å². The third-order valence-corrected chi connectivity index (χ3v) is 12.4. The zero-order chi connectivity index (χ0) is 34.1. The summed E-state index contributed by atoms with van der Waals surface area (Å²) in [6, 6.07) is 3.90. The molecule has 3 aliphatic carbocycles. The zero-order valence-electron chi connectivity index (χ0n) is 23.8. The summed E-state index contributed by atoms with van der Waals surface area (Å²) in [7, 11) is -4.64. The Morgan fingerprint density at radius 2 is 1.43 bits per heavy atom. The number of carbonyl (C=O) groups is 2. The summed E-state index contributed by atoms with van der Waals surface area (Å²) < 4.78 is 152. The Labute approximate surface area is 257 Å². The molecular formula is C30H28F9NO5S. The van der Waals surface area contributed by atoms with Gasteiger partial charge in [0.15, 0.2) is 15.5 Å². The normalized spacial score (nSPS) is 28.7. The maximum atomic E-state index is 15.7. The van der Waals surface area contributed by atoms with Gasteiger partial charge in [0.1, 0.15) is 10.6 Å². The summed E-state index contributed by atoms with van der Waals surface area (Å²) >= 11 is 0. The van der Waals surface area contributed by atoms with E-state index in [9.17, 15) is 58.2 Å². The number of alkyl halides is 8. The number of hydrogen-bond acceptors (Lipinski definition) is 4. The van der Waals surface area contributed by atoms with Gasteiger partial charge in [0.2, 0.25) is 0 Å². The summed E-state index contributed by atoms with van der Waals surface area (Å²) in [5.74, 6) is -4.91. The SMILES string of the molecule is O=C(O)C1CCC(F)(C(=O)N[C@@H]2CC[C@@]3(S(=O)(=O)c4ccc(F)cc4)c4ccc(C(F)(C(F)(F)F)C(F)(F)F)cc4CC[C@@H]23)CC1. The summed E-state index contributed by atoms with van der Waals surface area (Å²) in [6.07, 6.45) is -14.7. The molecule has 3 atom stereocenters. The lowest BCUT2D eigenvalue weighted by Crippen LogP contribution is -2.54. The molecule has 2 N–H and O–H groups in total.